The summed E-state index contributed by atoms with van der Waals surface area (Å²) in [5.74, 6) is 0.217. The van der Waals surface area contributed by atoms with Crippen LogP contribution in [-0.4, -0.2) is 43.9 Å². The minimum absolute atomic E-state index is 0.0938. The highest BCUT2D eigenvalue weighted by molar-refractivity contribution is 7.80. The van der Waals surface area contributed by atoms with E-state index in [0.717, 1.165) is 17.1 Å². The number of thiocarbonyl (C=S) groups is 1. The fourth-order valence-electron chi connectivity index (χ4n) is 2.75. The van der Waals surface area contributed by atoms with Crippen LogP contribution in [0.3, 0.4) is 0 Å². The van der Waals surface area contributed by atoms with Crippen LogP contribution in [0.5, 0.6) is 5.75 Å². The van der Waals surface area contributed by atoms with E-state index in [2.05, 4.69) is 45.6 Å². The molecule has 2 aromatic heterocycles. The largest absolute Gasteiger partial charge is 0.573 e. The van der Waals surface area contributed by atoms with Crippen LogP contribution in [0.25, 0.3) is 0 Å². The Bertz CT molecular complexity index is 1100. The van der Waals surface area contributed by atoms with Crippen molar-refractivity contribution in [2.45, 2.75) is 26.6 Å². The summed E-state index contributed by atoms with van der Waals surface area (Å²) in [6.07, 6.45) is -0.917. The molecule has 0 bridgehead atoms. The van der Waals surface area contributed by atoms with Crippen LogP contribution in [0.2, 0.25) is 0 Å². The standard InChI is InChI=1S/C20H21F3N8OS/c1-12-8-13(2)28-18(27-12)30-17(25-7-6-15-10-24-11-26-15)31-19(33)29-14-4-3-5-16(9-14)32-20(21,22)23/h3-5,8-11H,6-7H2,1-2H3,(H,24,26)(H3,25,27,28,29,30,31,33). The molecule has 0 unspecified atom stereocenters. The fourth-order valence-corrected chi connectivity index (χ4v) is 2.96. The maximum atomic E-state index is 12.5. The molecule has 0 saturated carbocycles. The number of aliphatic imine (C=N–C) groups is 1. The normalized spacial score (nSPS) is 11.7. The molecule has 174 valence electrons. The summed E-state index contributed by atoms with van der Waals surface area (Å²) in [6, 6.07) is 7.16. The number of nitrogens with one attached hydrogen (secondary N) is 4. The van der Waals surface area contributed by atoms with Gasteiger partial charge in [0.2, 0.25) is 11.9 Å². The predicted octanol–water partition coefficient (Wildman–Crippen LogP) is 3.71. The second-order valence-corrected chi connectivity index (χ2v) is 7.22. The SMILES string of the molecule is Cc1cc(C)nc(NC(=NCCc2cnc[nH]2)NC(=S)Nc2cccc(OC(F)(F)F)c2)n1. The maximum absolute atomic E-state index is 12.5. The number of hydrogen-bond donors (Lipinski definition) is 4. The van der Waals surface area contributed by atoms with Crippen LogP contribution in [0.4, 0.5) is 24.8 Å². The average molecular weight is 479 g/mol. The lowest BCUT2D eigenvalue weighted by Crippen LogP contribution is -2.39. The van der Waals surface area contributed by atoms with Gasteiger partial charge >= 0.3 is 6.36 Å². The lowest BCUT2D eigenvalue weighted by molar-refractivity contribution is -0.274. The third-order valence-corrected chi connectivity index (χ3v) is 4.18. The first kappa shape index (κ1) is 23.9. The molecule has 0 saturated heterocycles. The molecular weight excluding hydrogens is 457 g/mol. The van der Waals surface area contributed by atoms with E-state index in [0.29, 0.717) is 24.6 Å². The third kappa shape index (κ3) is 8.37. The lowest BCUT2D eigenvalue weighted by Gasteiger charge is -2.15. The molecule has 9 nitrogen and oxygen atoms in total. The number of hydrogen-bond acceptors (Lipinski definition) is 6. The molecule has 4 N–H and O–H groups in total. The monoisotopic (exact) mass is 478 g/mol. The number of alkyl halides is 3. The van der Waals surface area contributed by atoms with Crippen LogP contribution in [0.15, 0.2) is 47.8 Å². The number of aromatic amines is 1. The van der Waals surface area contributed by atoms with Gasteiger partial charge in [-0.15, -0.1) is 13.2 Å². The van der Waals surface area contributed by atoms with Gasteiger partial charge in [0.05, 0.1) is 6.33 Å². The second kappa shape index (κ2) is 10.7. The molecule has 3 aromatic rings. The molecule has 33 heavy (non-hydrogen) atoms. The number of anilines is 2. The van der Waals surface area contributed by atoms with E-state index in [1.807, 2.05) is 19.9 Å². The Labute approximate surface area is 192 Å². The van der Waals surface area contributed by atoms with Crippen molar-refractivity contribution in [3.05, 3.63) is 59.9 Å². The molecule has 0 amide bonds. The van der Waals surface area contributed by atoms with E-state index in [9.17, 15) is 13.2 Å². The van der Waals surface area contributed by atoms with E-state index in [1.54, 1.807) is 18.6 Å². The highest BCUT2D eigenvalue weighted by Gasteiger charge is 2.31. The zero-order valence-electron chi connectivity index (χ0n) is 17.7. The number of aromatic nitrogens is 4. The van der Waals surface area contributed by atoms with Crippen molar-refractivity contribution in [2.75, 3.05) is 17.2 Å². The Morgan fingerprint density at radius 2 is 1.91 bits per heavy atom. The van der Waals surface area contributed by atoms with Gasteiger partial charge in [-0.05, 0) is 44.3 Å². The summed E-state index contributed by atoms with van der Waals surface area (Å²) >= 11 is 5.30. The predicted molar refractivity (Wildman–Crippen MR) is 122 cm³/mol. The third-order valence-electron chi connectivity index (χ3n) is 3.98. The zero-order chi connectivity index (χ0) is 23.8. The molecule has 0 atom stereocenters. The van der Waals surface area contributed by atoms with Gasteiger partial charge in [0, 0.05) is 48.0 Å². The molecular formula is C20H21F3N8OS. The fraction of sp³-hybridized carbons (Fsp3) is 0.250. The van der Waals surface area contributed by atoms with Crippen molar-refractivity contribution in [3.8, 4) is 5.75 Å². The van der Waals surface area contributed by atoms with E-state index >= 15 is 0 Å². The van der Waals surface area contributed by atoms with Crippen LogP contribution in [0.1, 0.15) is 17.1 Å². The minimum atomic E-state index is -4.79. The number of imidazole rings is 1. The maximum Gasteiger partial charge on any atom is 0.573 e. The highest BCUT2D eigenvalue weighted by atomic mass is 32.1. The summed E-state index contributed by atoms with van der Waals surface area (Å²) in [5, 5.41) is 8.78. The number of rotatable bonds is 6. The van der Waals surface area contributed by atoms with E-state index in [1.165, 1.54) is 18.2 Å². The summed E-state index contributed by atoms with van der Waals surface area (Å²) < 4.78 is 41.3. The topological polar surface area (TPSA) is 112 Å². The molecule has 3 rings (SSSR count). The number of H-pyrrole nitrogens is 1. The van der Waals surface area contributed by atoms with Crippen LogP contribution < -0.4 is 20.7 Å². The molecule has 0 aliphatic heterocycles. The van der Waals surface area contributed by atoms with Gasteiger partial charge in [0.1, 0.15) is 5.75 Å². The molecule has 0 aliphatic rings. The molecule has 0 radical (unpaired) electrons. The summed E-state index contributed by atoms with van der Waals surface area (Å²) in [5.41, 5.74) is 2.74. The Morgan fingerprint density at radius 1 is 1.15 bits per heavy atom. The van der Waals surface area contributed by atoms with Crippen molar-refractivity contribution in [3.63, 3.8) is 0 Å². The number of nitrogens with zero attached hydrogens (tertiary/aromatic N) is 4. The summed E-state index contributed by atoms with van der Waals surface area (Å²) in [4.78, 5) is 20.1. The van der Waals surface area contributed by atoms with Crippen LogP contribution >= 0.6 is 12.2 Å². The molecule has 1 aromatic carbocycles. The molecule has 0 fully saturated rings. The number of halogens is 3. The van der Waals surface area contributed by atoms with E-state index < -0.39 is 6.36 Å². The minimum Gasteiger partial charge on any atom is -0.406 e. The summed E-state index contributed by atoms with van der Waals surface area (Å²) in [6.45, 7) is 4.06. The number of guanidine groups is 1. The van der Waals surface area contributed by atoms with Crippen molar-refractivity contribution in [1.82, 2.24) is 25.3 Å². The van der Waals surface area contributed by atoms with Crippen molar-refractivity contribution in [2.24, 2.45) is 4.99 Å². The quantitative estimate of drug-likeness (QED) is 0.241. The van der Waals surface area contributed by atoms with Gasteiger partial charge in [-0.25, -0.2) is 15.0 Å². The second-order valence-electron chi connectivity index (χ2n) is 6.81. The van der Waals surface area contributed by atoms with Crippen molar-refractivity contribution >= 4 is 34.9 Å². The van der Waals surface area contributed by atoms with Gasteiger partial charge < -0.3 is 20.4 Å². The van der Waals surface area contributed by atoms with Crippen molar-refractivity contribution in [1.29, 1.82) is 0 Å². The molecule has 0 aliphatic carbocycles. The Kier molecular flexibility index (Phi) is 7.77. The molecule has 2 heterocycles. The van der Waals surface area contributed by atoms with Gasteiger partial charge in [-0.2, -0.15) is 0 Å². The number of benzene rings is 1. The Hall–Kier alpha value is -3.74. The smallest absolute Gasteiger partial charge is 0.406 e. The van der Waals surface area contributed by atoms with Gasteiger partial charge in [-0.1, -0.05) is 6.07 Å². The molecule has 13 heteroatoms. The Balaban J connectivity index is 1.70. The van der Waals surface area contributed by atoms with Crippen LogP contribution in [0, 0.1) is 13.8 Å². The van der Waals surface area contributed by atoms with Crippen molar-refractivity contribution < 1.29 is 17.9 Å². The lowest BCUT2D eigenvalue weighted by atomic mass is 10.3. The van der Waals surface area contributed by atoms with E-state index in [4.69, 9.17) is 12.2 Å². The van der Waals surface area contributed by atoms with Gasteiger partial charge in [-0.3, -0.25) is 10.3 Å². The molecule has 0 spiro atoms. The zero-order valence-corrected chi connectivity index (χ0v) is 18.5. The number of ether oxygens (including phenoxy) is 1. The first-order valence-electron chi connectivity index (χ1n) is 9.71. The average Bonchev–Trinajstić information content (AvgIpc) is 3.19. The number of aryl methyl sites for hydroxylation is 2. The highest BCUT2D eigenvalue weighted by Crippen LogP contribution is 2.25. The van der Waals surface area contributed by atoms with Crippen LogP contribution in [-0.2, 0) is 6.42 Å². The van der Waals surface area contributed by atoms with Gasteiger partial charge in [0.15, 0.2) is 5.11 Å². The Morgan fingerprint density at radius 3 is 2.58 bits per heavy atom. The summed E-state index contributed by atoms with van der Waals surface area (Å²) in [7, 11) is 0. The first-order valence-corrected chi connectivity index (χ1v) is 10.1. The van der Waals surface area contributed by atoms with Gasteiger partial charge in [0.25, 0.3) is 0 Å². The van der Waals surface area contributed by atoms with E-state index in [-0.39, 0.29) is 16.8 Å². The first-order chi connectivity index (χ1) is 15.7.